The molecule has 1 amide bonds. The molecule has 0 heterocycles. The zero-order valence-corrected chi connectivity index (χ0v) is 10.4. The minimum absolute atomic E-state index is 0.224. The van der Waals surface area contributed by atoms with Gasteiger partial charge in [0.05, 0.1) is 0 Å². The fourth-order valence-corrected chi connectivity index (χ4v) is 2.50. The van der Waals surface area contributed by atoms with E-state index >= 15 is 0 Å². The monoisotopic (exact) mass is 239 g/mol. The van der Waals surface area contributed by atoms with Crippen LogP contribution in [0.25, 0.3) is 0 Å². The van der Waals surface area contributed by atoms with Crippen LogP contribution in [-0.4, -0.2) is 17.0 Å². The summed E-state index contributed by atoms with van der Waals surface area (Å²) in [5.41, 5.74) is 5.44. The van der Waals surface area contributed by atoms with Crippen LogP contribution < -0.4 is 5.73 Å². The number of nitrogens with two attached hydrogens (primary N) is 1. The van der Waals surface area contributed by atoms with E-state index in [9.17, 15) is 9.59 Å². The van der Waals surface area contributed by atoms with Crippen LogP contribution >= 0.6 is 0 Å². The number of carboxylic acid groups (broad SMARTS) is 1. The molecule has 4 nitrogen and oxygen atoms in total. The summed E-state index contributed by atoms with van der Waals surface area (Å²) < 4.78 is 0. The summed E-state index contributed by atoms with van der Waals surface area (Å²) in [4.78, 5) is 22.2. The van der Waals surface area contributed by atoms with E-state index < -0.39 is 11.4 Å². The predicted molar refractivity (Wildman–Crippen MR) is 65.3 cm³/mol. The number of aliphatic carboxylic acids is 1. The van der Waals surface area contributed by atoms with Gasteiger partial charge in [-0.1, -0.05) is 25.3 Å². The molecule has 0 radical (unpaired) electrons. The first kappa shape index (κ1) is 13.7. The van der Waals surface area contributed by atoms with Crippen molar-refractivity contribution in [3.05, 3.63) is 11.6 Å². The number of carboxylic acids is 1. The van der Waals surface area contributed by atoms with Crippen molar-refractivity contribution in [1.82, 2.24) is 0 Å². The van der Waals surface area contributed by atoms with E-state index in [0.717, 1.165) is 25.7 Å². The summed E-state index contributed by atoms with van der Waals surface area (Å²) in [6, 6.07) is 0. The SMILES string of the molecule is CC(=CCCC1(C(N)=O)CCCCC1)C(=O)O. The quantitative estimate of drug-likeness (QED) is 0.722. The largest absolute Gasteiger partial charge is 0.478 e. The van der Waals surface area contributed by atoms with Crippen molar-refractivity contribution >= 4 is 11.9 Å². The first-order valence-electron chi connectivity index (χ1n) is 6.18. The Bertz CT molecular complexity index is 328. The van der Waals surface area contributed by atoms with Crippen LogP contribution in [0.15, 0.2) is 11.6 Å². The Morgan fingerprint density at radius 3 is 2.35 bits per heavy atom. The van der Waals surface area contributed by atoms with E-state index in [1.165, 1.54) is 6.42 Å². The molecule has 96 valence electrons. The van der Waals surface area contributed by atoms with Crippen LogP contribution in [0.4, 0.5) is 0 Å². The van der Waals surface area contributed by atoms with Crippen LogP contribution in [0.2, 0.25) is 0 Å². The third kappa shape index (κ3) is 3.58. The van der Waals surface area contributed by atoms with E-state index in [1.54, 1.807) is 13.0 Å². The van der Waals surface area contributed by atoms with Crippen molar-refractivity contribution in [3.8, 4) is 0 Å². The van der Waals surface area contributed by atoms with Crippen LogP contribution in [0.3, 0.4) is 0 Å². The van der Waals surface area contributed by atoms with Gasteiger partial charge in [0.2, 0.25) is 5.91 Å². The Balaban J connectivity index is 2.59. The lowest BCUT2D eigenvalue weighted by Crippen LogP contribution is -2.38. The second-order valence-corrected chi connectivity index (χ2v) is 4.94. The van der Waals surface area contributed by atoms with Crippen LogP contribution in [0, 0.1) is 5.41 Å². The zero-order valence-electron chi connectivity index (χ0n) is 10.4. The average molecular weight is 239 g/mol. The van der Waals surface area contributed by atoms with E-state index in [2.05, 4.69) is 0 Å². The number of carbonyl (C=O) groups is 2. The van der Waals surface area contributed by atoms with E-state index in [0.29, 0.717) is 18.4 Å². The molecular weight excluding hydrogens is 218 g/mol. The van der Waals surface area contributed by atoms with Crippen molar-refractivity contribution in [2.45, 2.75) is 51.9 Å². The molecule has 0 aromatic heterocycles. The van der Waals surface area contributed by atoms with Crippen LogP contribution in [0.5, 0.6) is 0 Å². The molecule has 0 bridgehead atoms. The Morgan fingerprint density at radius 1 is 1.29 bits per heavy atom. The number of primary amides is 1. The van der Waals surface area contributed by atoms with Crippen molar-refractivity contribution in [1.29, 1.82) is 0 Å². The topological polar surface area (TPSA) is 80.4 Å². The van der Waals surface area contributed by atoms with Gasteiger partial charge in [-0.15, -0.1) is 0 Å². The summed E-state index contributed by atoms with van der Waals surface area (Å²) in [5.74, 6) is -1.12. The van der Waals surface area contributed by atoms with Gasteiger partial charge >= 0.3 is 5.97 Å². The average Bonchev–Trinajstić information content (AvgIpc) is 2.29. The summed E-state index contributed by atoms with van der Waals surface area (Å²) in [7, 11) is 0. The molecule has 17 heavy (non-hydrogen) atoms. The smallest absolute Gasteiger partial charge is 0.330 e. The first-order chi connectivity index (χ1) is 7.98. The minimum Gasteiger partial charge on any atom is -0.478 e. The second kappa shape index (κ2) is 5.84. The molecule has 0 atom stereocenters. The van der Waals surface area contributed by atoms with Gasteiger partial charge in [0.1, 0.15) is 0 Å². The highest BCUT2D eigenvalue weighted by atomic mass is 16.4. The number of carbonyl (C=O) groups excluding carboxylic acids is 1. The van der Waals surface area contributed by atoms with Gasteiger partial charge in [-0.3, -0.25) is 4.79 Å². The van der Waals surface area contributed by atoms with Gasteiger partial charge in [-0.05, 0) is 32.6 Å². The van der Waals surface area contributed by atoms with Gasteiger partial charge in [-0.2, -0.15) is 0 Å². The van der Waals surface area contributed by atoms with E-state index in [-0.39, 0.29) is 5.91 Å². The fourth-order valence-electron chi connectivity index (χ4n) is 2.50. The highest BCUT2D eigenvalue weighted by Crippen LogP contribution is 2.40. The Hall–Kier alpha value is -1.32. The van der Waals surface area contributed by atoms with Crippen LogP contribution in [-0.2, 0) is 9.59 Å². The number of hydrogen-bond acceptors (Lipinski definition) is 2. The van der Waals surface area contributed by atoms with Gasteiger partial charge in [0, 0.05) is 11.0 Å². The number of hydrogen-bond donors (Lipinski definition) is 2. The molecular formula is C13H21NO3. The molecule has 1 saturated carbocycles. The predicted octanol–water partition coefficient (Wildman–Crippen LogP) is 2.23. The lowest BCUT2D eigenvalue weighted by molar-refractivity contribution is -0.132. The molecule has 0 aliphatic heterocycles. The van der Waals surface area contributed by atoms with Crippen molar-refractivity contribution in [2.75, 3.05) is 0 Å². The highest BCUT2D eigenvalue weighted by Gasteiger charge is 2.36. The number of allylic oxidation sites excluding steroid dienone is 1. The maximum Gasteiger partial charge on any atom is 0.330 e. The standard InChI is InChI=1S/C13H21NO3/c1-10(11(15)16)6-5-9-13(12(14)17)7-3-2-4-8-13/h6H,2-5,7-9H2,1H3,(H2,14,17)(H,15,16). The first-order valence-corrected chi connectivity index (χ1v) is 6.18. The second-order valence-electron chi connectivity index (χ2n) is 4.94. The summed E-state index contributed by atoms with van der Waals surface area (Å²) in [5, 5.41) is 8.73. The number of rotatable bonds is 5. The van der Waals surface area contributed by atoms with Crippen molar-refractivity contribution < 1.29 is 14.7 Å². The maximum atomic E-state index is 11.6. The molecule has 1 aliphatic carbocycles. The molecule has 0 saturated heterocycles. The molecule has 1 rings (SSSR count). The Kier molecular flexibility index (Phi) is 4.73. The third-order valence-corrected chi connectivity index (χ3v) is 3.74. The van der Waals surface area contributed by atoms with E-state index in [4.69, 9.17) is 10.8 Å². The van der Waals surface area contributed by atoms with Gasteiger partial charge in [-0.25, -0.2) is 4.79 Å². The lowest BCUT2D eigenvalue weighted by atomic mass is 9.70. The van der Waals surface area contributed by atoms with Crippen LogP contribution in [0.1, 0.15) is 51.9 Å². The molecule has 1 aliphatic rings. The molecule has 0 unspecified atom stereocenters. The van der Waals surface area contributed by atoms with Gasteiger partial charge in [0.15, 0.2) is 0 Å². The molecule has 0 spiro atoms. The highest BCUT2D eigenvalue weighted by molar-refractivity contribution is 5.85. The Labute approximate surface area is 102 Å². The normalized spacial score (nSPS) is 19.9. The summed E-state index contributed by atoms with van der Waals surface area (Å²) >= 11 is 0. The number of amides is 1. The molecule has 3 N–H and O–H groups in total. The molecule has 0 aromatic rings. The van der Waals surface area contributed by atoms with E-state index in [1.807, 2.05) is 0 Å². The fraction of sp³-hybridized carbons (Fsp3) is 0.692. The lowest BCUT2D eigenvalue weighted by Gasteiger charge is -2.34. The molecule has 4 heteroatoms. The van der Waals surface area contributed by atoms with Crippen molar-refractivity contribution in [3.63, 3.8) is 0 Å². The van der Waals surface area contributed by atoms with Crippen molar-refractivity contribution in [2.24, 2.45) is 11.1 Å². The summed E-state index contributed by atoms with van der Waals surface area (Å²) in [6.45, 7) is 1.57. The molecule has 1 fully saturated rings. The zero-order chi connectivity index (χ0) is 12.9. The van der Waals surface area contributed by atoms with Gasteiger partial charge in [0.25, 0.3) is 0 Å². The minimum atomic E-state index is -0.901. The molecule has 0 aromatic carbocycles. The Morgan fingerprint density at radius 2 is 1.88 bits per heavy atom. The third-order valence-electron chi connectivity index (χ3n) is 3.74. The summed E-state index contributed by atoms with van der Waals surface area (Å²) in [6.07, 6.45) is 7.92. The van der Waals surface area contributed by atoms with Gasteiger partial charge < -0.3 is 10.8 Å². The maximum absolute atomic E-state index is 11.6.